The SMILES string of the molecule is CCC(C)(O)c1ccccc1C(C)C[C@@](C)(SCC1(CC(=O)O)C(C)(C)C1(C)C)c1cccc(/C=C/c2cc(C)c3c(C)c(C)c(Cl)cc3n2)c1C. The molecule has 1 aliphatic carbocycles. The van der Waals surface area contributed by atoms with Gasteiger partial charge in [0.05, 0.1) is 23.2 Å². The fourth-order valence-electron chi connectivity index (χ4n) is 9.07. The van der Waals surface area contributed by atoms with Gasteiger partial charge in [-0.3, -0.25) is 4.79 Å². The molecule has 0 bridgehead atoms. The molecule has 0 spiro atoms. The number of fused-ring (bicyclic) bond motifs is 1. The van der Waals surface area contributed by atoms with Gasteiger partial charge >= 0.3 is 5.97 Å². The second-order valence-electron chi connectivity index (χ2n) is 17.0. The summed E-state index contributed by atoms with van der Waals surface area (Å²) in [4.78, 5) is 17.3. The third kappa shape index (κ3) is 6.87. The van der Waals surface area contributed by atoms with E-state index in [1.54, 1.807) is 0 Å². The van der Waals surface area contributed by atoms with Gasteiger partial charge in [0.15, 0.2) is 0 Å². The van der Waals surface area contributed by atoms with Crippen LogP contribution in [0.5, 0.6) is 0 Å². The maximum absolute atomic E-state index is 12.3. The molecular weight excluding hydrogens is 682 g/mol. The van der Waals surface area contributed by atoms with Gasteiger partial charge < -0.3 is 10.2 Å². The zero-order valence-corrected chi connectivity index (χ0v) is 34.9. The van der Waals surface area contributed by atoms with E-state index in [1.165, 1.54) is 22.3 Å². The summed E-state index contributed by atoms with van der Waals surface area (Å²) in [7, 11) is 0. The Kier molecular flexibility index (Phi) is 11.0. The van der Waals surface area contributed by atoms with E-state index < -0.39 is 11.6 Å². The quantitative estimate of drug-likeness (QED) is 0.143. The van der Waals surface area contributed by atoms with Crippen LogP contribution >= 0.6 is 23.4 Å². The van der Waals surface area contributed by atoms with Crippen LogP contribution in [0.25, 0.3) is 23.1 Å². The third-order valence-electron chi connectivity index (χ3n) is 13.6. The molecule has 1 fully saturated rings. The van der Waals surface area contributed by atoms with Crippen molar-refractivity contribution in [3.63, 3.8) is 0 Å². The summed E-state index contributed by atoms with van der Waals surface area (Å²) in [5.41, 5.74) is 9.42. The topological polar surface area (TPSA) is 70.4 Å². The van der Waals surface area contributed by atoms with E-state index in [-0.39, 0.29) is 33.3 Å². The van der Waals surface area contributed by atoms with Crippen molar-refractivity contribution in [2.45, 2.75) is 119 Å². The monoisotopic (exact) mass is 739 g/mol. The molecule has 1 saturated carbocycles. The predicted molar refractivity (Wildman–Crippen MR) is 222 cm³/mol. The molecule has 1 aromatic heterocycles. The lowest BCUT2D eigenvalue weighted by Gasteiger charge is -2.37. The summed E-state index contributed by atoms with van der Waals surface area (Å²) in [5.74, 6) is 0.126. The van der Waals surface area contributed by atoms with Crippen molar-refractivity contribution in [3.8, 4) is 0 Å². The molecule has 278 valence electrons. The van der Waals surface area contributed by atoms with Gasteiger partial charge in [-0.15, -0.1) is 11.8 Å². The van der Waals surface area contributed by atoms with Gasteiger partial charge in [-0.1, -0.05) is 102 Å². The standard InChI is InChI=1S/C46H58ClNO3S/c1-13-44(11,51)37-19-15-14-18-35(37)29(3)25-45(12,52-27-46(26-40(49)50)42(7,8)43(46,9)10)36-20-16-17-33(32(36)6)21-22-34-23-28(2)41-31(5)30(4)38(47)24-39(41)48-34/h14-24,29,51H,13,25-27H2,1-12H3,(H,49,50)/b22-21+/t29?,44?,45-/m1/s1. The van der Waals surface area contributed by atoms with Gasteiger partial charge in [0.1, 0.15) is 0 Å². The number of carboxylic acid groups (broad SMARTS) is 1. The van der Waals surface area contributed by atoms with Crippen molar-refractivity contribution in [2.24, 2.45) is 16.2 Å². The van der Waals surface area contributed by atoms with Gasteiger partial charge in [-0.25, -0.2) is 4.98 Å². The first-order chi connectivity index (χ1) is 24.1. The van der Waals surface area contributed by atoms with E-state index in [0.717, 1.165) is 56.0 Å². The molecular formula is C46H58ClNO3S. The first kappa shape index (κ1) is 40.1. The number of benzene rings is 3. The largest absolute Gasteiger partial charge is 0.481 e. The first-order valence-electron chi connectivity index (χ1n) is 18.7. The van der Waals surface area contributed by atoms with E-state index in [2.05, 4.69) is 124 Å². The zero-order chi connectivity index (χ0) is 38.6. The van der Waals surface area contributed by atoms with Crippen molar-refractivity contribution in [1.29, 1.82) is 0 Å². The molecule has 2 N–H and O–H groups in total. The van der Waals surface area contributed by atoms with Crippen LogP contribution < -0.4 is 0 Å². The Morgan fingerprint density at radius 1 is 0.923 bits per heavy atom. The second-order valence-corrected chi connectivity index (χ2v) is 18.8. The number of pyridine rings is 1. The average Bonchev–Trinajstić information content (AvgIpc) is 3.41. The fraction of sp³-hybridized carbons (Fsp3) is 0.478. The van der Waals surface area contributed by atoms with Crippen molar-refractivity contribution in [3.05, 3.63) is 110 Å². The molecule has 3 aromatic carbocycles. The number of carbonyl (C=O) groups is 1. The lowest BCUT2D eigenvalue weighted by atomic mass is 9.79. The number of halogens is 1. The van der Waals surface area contributed by atoms with Crippen LogP contribution in [-0.2, 0) is 15.1 Å². The minimum atomic E-state index is -0.930. The first-order valence-corrected chi connectivity index (χ1v) is 20.0. The van der Waals surface area contributed by atoms with Crippen molar-refractivity contribution in [2.75, 3.05) is 5.75 Å². The molecule has 0 aliphatic heterocycles. The predicted octanol–water partition coefficient (Wildman–Crippen LogP) is 12.6. The van der Waals surface area contributed by atoms with Crippen molar-refractivity contribution < 1.29 is 15.0 Å². The maximum atomic E-state index is 12.3. The second kappa shape index (κ2) is 14.3. The molecule has 0 amide bonds. The van der Waals surface area contributed by atoms with Crippen molar-refractivity contribution >= 4 is 52.4 Å². The molecule has 1 heterocycles. The number of hydrogen-bond donors (Lipinski definition) is 2. The molecule has 4 aromatic rings. The molecule has 1 aliphatic rings. The lowest BCUT2D eigenvalue weighted by Crippen LogP contribution is -2.28. The number of aromatic nitrogens is 1. The number of thioether (sulfide) groups is 1. The van der Waals surface area contributed by atoms with Crippen LogP contribution in [0.3, 0.4) is 0 Å². The third-order valence-corrected chi connectivity index (χ3v) is 15.7. The van der Waals surface area contributed by atoms with Crippen molar-refractivity contribution in [1.82, 2.24) is 4.98 Å². The summed E-state index contributed by atoms with van der Waals surface area (Å²) < 4.78 is -0.358. The minimum Gasteiger partial charge on any atom is -0.481 e. The lowest BCUT2D eigenvalue weighted by molar-refractivity contribution is -0.138. The highest BCUT2D eigenvalue weighted by Crippen LogP contribution is 2.80. The fourth-order valence-corrected chi connectivity index (χ4v) is 11.4. The van der Waals surface area contributed by atoms with E-state index in [0.29, 0.717) is 6.42 Å². The Bertz CT molecular complexity index is 2030. The Morgan fingerprint density at radius 2 is 1.56 bits per heavy atom. The molecule has 6 heteroatoms. The maximum Gasteiger partial charge on any atom is 0.303 e. The van der Waals surface area contributed by atoms with Crippen LogP contribution in [0.15, 0.2) is 54.6 Å². The van der Waals surface area contributed by atoms with E-state index in [1.807, 2.05) is 37.7 Å². The Balaban J connectivity index is 1.57. The summed E-state index contributed by atoms with van der Waals surface area (Å²) in [6.45, 7) is 26.0. The van der Waals surface area contributed by atoms with Gasteiger partial charge in [0.2, 0.25) is 0 Å². The molecule has 0 radical (unpaired) electrons. The van der Waals surface area contributed by atoms with Gasteiger partial charge in [-0.2, -0.15) is 0 Å². The Hall–Kier alpha value is -3.12. The van der Waals surface area contributed by atoms with E-state index in [4.69, 9.17) is 16.6 Å². The van der Waals surface area contributed by atoms with Gasteiger partial charge in [-0.05, 0) is 134 Å². The van der Waals surface area contributed by atoms with E-state index in [9.17, 15) is 15.0 Å². The molecule has 3 atom stereocenters. The normalized spacial score (nSPS) is 19.0. The Labute approximate surface area is 321 Å². The summed E-state index contributed by atoms with van der Waals surface area (Å²) in [5, 5.41) is 23.4. The van der Waals surface area contributed by atoms with Crippen LogP contribution in [0.1, 0.15) is 131 Å². The van der Waals surface area contributed by atoms with Gasteiger partial charge in [0, 0.05) is 26.3 Å². The zero-order valence-electron chi connectivity index (χ0n) is 33.3. The number of aryl methyl sites for hydroxylation is 2. The molecule has 5 rings (SSSR count). The number of nitrogens with zero attached hydrogens (tertiary/aromatic N) is 1. The van der Waals surface area contributed by atoms with E-state index >= 15 is 0 Å². The number of carboxylic acids is 1. The van der Waals surface area contributed by atoms with Crippen LogP contribution in [-0.4, -0.2) is 26.9 Å². The summed E-state index contributed by atoms with van der Waals surface area (Å²) in [6, 6.07) is 19.0. The van der Waals surface area contributed by atoms with Crippen LogP contribution in [0.4, 0.5) is 0 Å². The highest BCUT2D eigenvalue weighted by molar-refractivity contribution is 8.00. The molecule has 4 nitrogen and oxygen atoms in total. The number of aliphatic carboxylic acids is 1. The average molecular weight is 740 g/mol. The molecule has 0 saturated heterocycles. The molecule has 52 heavy (non-hydrogen) atoms. The highest BCUT2D eigenvalue weighted by Gasteiger charge is 2.76. The smallest absolute Gasteiger partial charge is 0.303 e. The summed E-state index contributed by atoms with van der Waals surface area (Å²) >= 11 is 8.48. The van der Waals surface area contributed by atoms with Crippen LogP contribution in [0, 0.1) is 43.9 Å². The Morgan fingerprint density at radius 3 is 2.17 bits per heavy atom. The number of aliphatic hydroxyl groups is 1. The van der Waals surface area contributed by atoms with Gasteiger partial charge in [0.25, 0.3) is 0 Å². The summed E-state index contributed by atoms with van der Waals surface area (Å²) in [6.07, 6.45) is 5.84. The highest BCUT2D eigenvalue weighted by atomic mass is 35.5. The van der Waals surface area contributed by atoms with Crippen LogP contribution in [0.2, 0.25) is 5.02 Å². The number of hydrogen-bond acceptors (Lipinski definition) is 4. The number of rotatable bonds is 13. The minimum absolute atomic E-state index is 0.115. The molecule has 2 unspecified atom stereocenters.